The lowest BCUT2D eigenvalue weighted by molar-refractivity contribution is 0.0958. The number of carbonyl (C=O) groups is 1. The van der Waals surface area contributed by atoms with Crippen molar-refractivity contribution in [1.29, 1.82) is 0 Å². The molecular weight excluding hydrogens is 360 g/mol. The summed E-state index contributed by atoms with van der Waals surface area (Å²) in [6.07, 6.45) is 6.50. The van der Waals surface area contributed by atoms with E-state index in [1.165, 1.54) is 11.3 Å². The van der Waals surface area contributed by atoms with Gasteiger partial charge in [-0.15, -0.1) is 11.3 Å². The first-order valence-corrected chi connectivity index (χ1v) is 10.1. The van der Waals surface area contributed by atoms with Gasteiger partial charge in [-0.25, -0.2) is 4.98 Å². The van der Waals surface area contributed by atoms with Gasteiger partial charge in [0.2, 0.25) is 0 Å². The maximum Gasteiger partial charge on any atom is 0.261 e. The van der Waals surface area contributed by atoms with E-state index in [1.807, 2.05) is 13.0 Å². The van der Waals surface area contributed by atoms with Crippen LogP contribution in [0.3, 0.4) is 0 Å². The van der Waals surface area contributed by atoms with Crippen molar-refractivity contribution in [2.24, 2.45) is 0 Å². The van der Waals surface area contributed by atoms with Gasteiger partial charge >= 0.3 is 0 Å². The van der Waals surface area contributed by atoms with Crippen molar-refractivity contribution >= 4 is 17.2 Å². The standard InChI is InChI=1S/C19H24N6OS/c1-13-9-15(24-23-13)11-25-8-2-3-16(25)17-4-5-18(27-17)19(26)21-7-6-14-10-20-12-22-14/h4-5,9-10,12,16H,2-3,6-8,11H2,1H3,(H,20,22)(H,21,26)(H,23,24). The molecule has 0 radical (unpaired) electrons. The lowest BCUT2D eigenvalue weighted by Gasteiger charge is -2.22. The number of aromatic amines is 2. The van der Waals surface area contributed by atoms with E-state index in [1.54, 1.807) is 23.9 Å². The number of hydrogen-bond donors (Lipinski definition) is 3. The van der Waals surface area contributed by atoms with Crippen LogP contribution in [-0.4, -0.2) is 44.1 Å². The van der Waals surface area contributed by atoms with Crippen LogP contribution in [0.1, 0.15) is 50.5 Å². The number of imidazole rings is 1. The molecule has 8 heteroatoms. The lowest BCUT2D eigenvalue weighted by atomic mass is 10.2. The number of nitrogens with zero attached hydrogens (tertiary/aromatic N) is 3. The highest BCUT2D eigenvalue weighted by Gasteiger charge is 2.28. The second-order valence-electron chi connectivity index (χ2n) is 6.96. The molecule has 27 heavy (non-hydrogen) atoms. The monoisotopic (exact) mass is 384 g/mol. The topological polar surface area (TPSA) is 89.7 Å². The molecule has 1 atom stereocenters. The summed E-state index contributed by atoms with van der Waals surface area (Å²) in [7, 11) is 0. The molecule has 0 spiro atoms. The molecule has 1 aliphatic heterocycles. The minimum Gasteiger partial charge on any atom is -0.351 e. The maximum atomic E-state index is 12.4. The number of nitrogens with one attached hydrogen (secondary N) is 3. The van der Waals surface area contributed by atoms with E-state index in [0.717, 1.165) is 47.9 Å². The van der Waals surface area contributed by atoms with E-state index in [9.17, 15) is 4.79 Å². The minimum absolute atomic E-state index is 0.00163. The van der Waals surface area contributed by atoms with Gasteiger partial charge in [-0.05, 0) is 44.5 Å². The average Bonchev–Trinajstić information content (AvgIpc) is 3.43. The van der Waals surface area contributed by atoms with Gasteiger partial charge in [-0.2, -0.15) is 5.10 Å². The fourth-order valence-corrected chi connectivity index (χ4v) is 4.67. The Morgan fingerprint density at radius 3 is 3.15 bits per heavy atom. The number of hydrogen-bond acceptors (Lipinski definition) is 5. The quantitative estimate of drug-likeness (QED) is 0.584. The molecule has 1 fully saturated rings. The molecule has 7 nitrogen and oxygen atoms in total. The third-order valence-electron chi connectivity index (χ3n) is 4.90. The molecule has 3 aromatic heterocycles. The van der Waals surface area contributed by atoms with Crippen molar-refractivity contribution in [1.82, 2.24) is 30.4 Å². The summed E-state index contributed by atoms with van der Waals surface area (Å²) in [4.78, 5) is 24.0. The van der Waals surface area contributed by atoms with E-state index in [2.05, 4.69) is 42.5 Å². The van der Waals surface area contributed by atoms with E-state index < -0.39 is 0 Å². The van der Waals surface area contributed by atoms with Gasteiger partial charge in [-0.1, -0.05) is 0 Å². The van der Waals surface area contributed by atoms with Gasteiger partial charge < -0.3 is 10.3 Å². The predicted octanol–water partition coefficient (Wildman–Crippen LogP) is 2.81. The zero-order valence-electron chi connectivity index (χ0n) is 15.4. The molecule has 3 N–H and O–H groups in total. The second-order valence-corrected chi connectivity index (χ2v) is 8.07. The number of aryl methyl sites for hydroxylation is 1. The smallest absolute Gasteiger partial charge is 0.261 e. The van der Waals surface area contributed by atoms with Crippen LogP contribution < -0.4 is 5.32 Å². The Morgan fingerprint density at radius 2 is 2.37 bits per heavy atom. The zero-order chi connectivity index (χ0) is 18.6. The summed E-state index contributed by atoms with van der Waals surface area (Å²) in [5, 5.41) is 10.4. The Hall–Kier alpha value is -2.45. The van der Waals surface area contributed by atoms with Crippen molar-refractivity contribution in [2.75, 3.05) is 13.1 Å². The van der Waals surface area contributed by atoms with Crippen LogP contribution in [0.25, 0.3) is 0 Å². The molecule has 4 rings (SSSR count). The largest absolute Gasteiger partial charge is 0.351 e. The summed E-state index contributed by atoms with van der Waals surface area (Å²) in [5.41, 5.74) is 3.19. The van der Waals surface area contributed by atoms with Crippen LogP contribution in [0.2, 0.25) is 0 Å². The van der Waals surface area contributed by atoms with Crippen LogP contribution in [-0.2, 0) is 13.0 Å². The lowest BCUT2D eigenvalue weighted by Crippen LogP contribution is -2.25. The average molecular weight is 385 g/mol. The third kappa shape index (κ3) is 4.28. The Labute approximate surface area is 162 Å². The predicted molar refractivity (Wildman–Crippen MR) is 105 cm³/mol. The van der Waals surface area contributed by atoms with Gasteiger partial charge in [0.05, 0.1) is 16.9 Å². The van der Waals surface area contributed by atoms with Crippen LogP contribution in [0.15, 0.2) is 30.7 Å². The molecule has 3 aromatic rings. The van der Waals surface area contributed by atoms with Gasteiger partial charge in [0.1, 0.15) is 0 Å². The number of carbonyl (C=O) groups excluding carboxylic acids is 1. The number of amides is 1. The molecular formula is C19H24N6OS. The maximum absolute atomic E-state index is 12.4. The summed E-state index contributed by atoms with van der Waals surface area (Å²) < 4.78 is 0. The van der Waals surface area contributed by atoms with Gasteiger partial charge in [0, 0.05) is 48.0 Å². The molecule has 0 bridgehead atoms. The van der Waals surface area contributed by atoms with Crippen LogP contribution in [0.4, 0.5) is 0 Å². The summed E-state index contributed by atoms with van der Waals surface area (Å²) in [5.74, 6) is -0.00163. The Balaban J connectivity index is 1.35. The van der Waals surface area contributed by atoms with E-state index in [-0.39, 0.29) is 5.91 Å². The molecule has 4 heterocycles. The normalized spacial score (nSPS) is 17.4. The summed E-state index contributed by atoms with van der Waals surface area (Å²) >= 11 is 1.60. The van der Waals surface area contributed by atoms with E-state index in [4.69, 9.17) is 0 Å². The Bertz CT molecular complexity index is 884. The fraction of sp³-hybridized carbons (Fsp3) is 0.421. The van der Waals surface area contributed by atoms with E-state index >= 15 is 0 Å². The summed E-state index contributed by atoms with van der Waals surface area (Å²) in [6.45, 7) is 4.54. The molecule has 142 valence electrons. The summed E-state index contributed by atoms with van der Waals surface area (Å²) in [6, 6.07) is 6.52. The number of H-pyrrole nitrogens is 2. The zero-order valence-corrected chi connectivity index (χ0v) is 16.2. The highest BCUT2D eigenvalue weighted by molar-refractivity contribution is 7.14. The SMILES string of the molecule is Cc1cc(CN2CCCC2c2ccc(C(=O)NCCc3cnc[nH]3)s2)n[nH]1. The molecule has 1 saturated heterocycles. The molecule has 1 aliphatic rings. The highest BCUT2D eigenvalue weighted by Crippen LogP contribution is 2.36. The Kier molecular flexibility index (Phi) is 5.35. The molecule has 1 amide bonds. The molecule has 0 aliphatic carbocycles. The molecule has 1 unspecified atom stereocenters. The van der Waals surface area contributed by atoms with Crippen molar-refractivity contribution in [3.63, 3.8) is 0 Å². The van der Waals surface area contributed by atoms with E-state index in [0.29, 0.717) is 12.6 Å². The number of thiophene rings is 1. The molecule has 0 saturated carbocycles. The minimum atomic E-state index is -0.00163. The van der Waals surface area contributed by atoms with Crippen molar-refractivity contribution in [2.45, 2.75) is 38.8 Å². The third-order valence-corrected chi connectivity index (χ3v) is 6.09. The first kappa shape index (κ1) is 17.9. The first-order valence-electron chi connectivity index (χ1n) is 9.29. The fourth-order valence-electron chi connectivity index (χ4n) is 3.57. The number of rotatable bonds is 7. The van der Waals surface area contributed by atoms with Crippen molar-refractivity contribution < 1.29 is 4.79 Å². The van der Waals surface area contributed by atoms with Crippen LogP contribution in [0.5, 0.6) is 0 Å². The highest BCUT2D eigenvalue weighted by atomic mass is 32.1. The van der Waals surface area contributed by atoms with Crippen molar-refractivity contribution in [3.8, 4) is 0 Å². The number of likely N-dealkylation sites (tertiary alicyclic amines) is 1. The van der Waals surface area contributed by atoms with Crippen molar-refractivity contribution in [3.05, 3.63) is 57.6 Å². The number of aromatic nitrogens is 4. The second kappa shape index (κ2) is 8.06. The van der Waals surface area contributed by atoms with Gasteiger partial charge in [-0.3, -0.25) is 14.8 Å². The molecule has 0 aromatic carbocycles. The van der Waals surface area contributed by atoms with Gasteiger partial charge in [0.25, 0.3) is 5.91 Å². The Morgan fingerprint density at radius 1 is 1.44 bits per heavy atom. The van der Waals surface area contributed by atoms with Crippen LogP contribution >= 0.6 is 11.3 Å². The van der Waals surface area contributed by atoms with Crippen LogP contribution in [0, 0.1) is 6.92 Å². The van der Waals surface area contributed by atoms with Gasteiger partial charge in [0.15, 0.2) is 0 Å². The first-order chi connectivity index (χ1) is 13.2.